The zero-order valence-electron chi connectivity index (χ0n) is 10.8. The van der Waals surface area contributed by atoms with E-state index in [1.54, 1.807) is 0 Å². The van der Waals surface area contributed by atoms with Crippen molar-refractivity contribution in [3.05, 3.63) is 39.9 Å². The van der Waals surface area contributed by atoms with Gasteiger partial charge in [-0.3, -0.25) is 4.79 Å². The highest BCUT2D eigenvalue weighted by Gasteiger charge is 2.39. The quantitative estimate of drug-likeness (QED) is 0.709. The van der Waals surface area contributed by atoms with Crippen LogP contribution in [0, 0.1) is 0 Å². The maximum atomic E-state index is 11.9. The van der Waals surface area contributed by atoms with Gasteiger partial charge in [0.1, 0.15) is 0 Å². The summed E-state index contributed by atoms with van der Waals surface area (Å²) in [6.45, 7) is 0.883. The fourth-order valence-electron chi connectivity index (χ4n) is 3.95. The van der Waals surface area contributed by atoms with Crippen molar-refractivity contribution in [3.63, 3.8) is 0 Å². The molecule has 0 aromatic heterocycles. The van der Waals surface area contributed by atoms with Gasteiger partial charge >= 0.3 is 0 Å². The lowest BCUT2D eigenvalue weighted by Crippen LogP contribution is -2.39. The van der Waals surface area contributed by atoms with Gasteiger partial charge in [-0.1, -0.05) is 23.7 Å². The Morgan fingerprint density at radius 3 is 2.95 bits per heavy atom. The minimum Gasteiger partial charge on any atom is -0.336 e. The highest BCUT2D eigenvalue weighted by atomic mass is 35.5. The molecule has 2 aliphatic heterocycles. The molecule has 1 fully saturated rings. The van der Waals surface area contributed by atoms with Crippen LogP contribution in [0.25, 0.3) is 5.57 Å². The van der Waals surface area contributed by atoms with Crippen LogP contribution in [-0.4, -0.2) is 23.4 Å². The zero-order chi connectivity index (χ0) is 13.0. The Balaban J connectivity index is 1.84. The average molecular weight is 274 g/mol. The highest BCUT2D eigenvalue weighted by Crippen LogP contribution is 2.44. The van der Waals surface area contributed by atoms with Crippen LogP contribution in [0.4, 0.5) is 0 Å². The second kappa shape index (κ2) is 4.11. The van der Waals surface area contributed by atoms with Crippen molar-refractivity contribution in [1.82, 2.24) is 4.90 Å². The molecule has 0 saturated carbocycles. The number of halogens is 1. The number of amides is 1. The molecule has 0 bridgehead atoms. The highest BCUT2D eigenvalue weighted by molar-refractivity contribution is 6.31. The molecule has 98 valence electrons. The lowest BCUT2D eigenvalue weighted by Gasteiger charge is -2.37. The Labute approximate surface area is 118 Å². The van der Waals surface area contributed by atoms with E-state index in [9.17, 15) is 4.79 Å². The summed E-state index contributed by atoms with van der Waals surface area (Å²) in [5.74, 6) is 0.341. The number of benzene rings is 1. The minimum atomic E-state index is 0.341. The number of carbonyl (C=O) groups excluding carboxylic acids is 1. The molecule has 1 aromatic carbocycles. The van der Waals surface area contributed by atoms with E-state index in [0.29, 0.717) is 11.9 Å². The molecule has 0 radical (unpaired) electrons. The third-order valence-corrected chi connectivity index (χ3v) is 5.16. The van der Waals surface area contributed by atoms with Gasteiger partial charge in [-0.05, 0) is 54.0 Å². The van der Waals surface area contributed by atoms with E-state index in [1.807, 2.05) is 12.1 Å². The monoisotopic (exact) mass is 273 g/mol. The average Bonchev–Trinajstić information content (AvgIpc) is 2.81. The molecule has 0 spiro atoms. The topological polar surface area (TPSA) is 20.3 Å². The van der Waals surface area contributed by atoms with E-state index >= 15 is 0 Å². The molecule has 3 heteroatoms. The first-order chi connectivity index (χ1) is 9.25. The van der Waals surface area contributed by atoms with Gasteiger partial charge in [-0.2, -0.15) is 0 Å². The fraction of sp³-hybridized carbons (Fsp3) is 0.438. The molecule has 1 saturated heterocycles. The predicted molar refractivity (Wildman–Crippen MR) is 76.0 cm³/mol. The van der Waals surface area contributed by atoms with Gasteiger partial charge in [-0.15, -0.1) is 0 Å². The summed E-state index contributed by atoms with van der Waals surface area (Å²) in [5.41, 5.74) is 5.63. The molecule has 2 nitrogen and oxygen atoms in total. The fourth-order valence-corrected chi connectivity index (χ4v) is 4.22. The summed E-state index contributed by atoms with van der Waals surface area (Å²) >= 11 is 6.32. The number of rotatable bonds is 0. The van der Waals surface area contributed by atoms with Gasteiger partial charge in [0.15, 0.2) is 0 Å². The van der Waals surface area contributed by atoms with Crippen molar-refractivity contribution in [2.75, 3.05) is 6.54 Å². The number of fused-ring (bicyclic) bond motifs is 4. The van der Waals surface area contributed by atoms with Crippen molar-refractivity contribution in [3.8, 4) is 0 Å². The predicted octanol–water partition coefficient (Wildman–Crippen LogP) is 3.43. The largest absolute Gasteiger partial charge is 0.336 e. The molecule has 3 aliphatic rings. The van der Waals surface area contributed by atoms with E-state index in [-0.39, 0.29) is 0 Å². The first kappa shape index (κ1) is 11.5. The van der Waals surface area contributed by atoms with Crippen molar-refractivity contribution in [2.24, 2.45) is 0 Å². The Hall–Kier alpha value is -1.28. The van der Waals surface area contributed by atoms with Crippen molar-refractivity contribution < 1.29 is 4.79 Å². The summed E-state index contributed by atoms with van der Waals surface area (Å²) in [6, 6.07) is 6.61. The van der Waals surface area contributed by atoms with Gasteiger partial charge < -0.3 is 4.90 Å². The minimum absolute atomic E-state index is 0.341. The van der Waals surface area contributed by atoms with Crippen LogP contribution in [0.3, 0.4) is 0 Å². The molecular formula is C16H16ClNO. The first-order valence-electron chi connectivity index (χ1n) is 7.05. The van der Waals surface area contributed by atoms with E-state index < -0.39 is 0 Å². The van der Waals surface area contributed by atoms with Crippen LogP contribution in [0.1, 0.15) is 36.8 Å². The molecule has 1 aromatic rings. The molecule has 2 heterocycles. The van der Waals surface area contributed by atoms with Crippen LogP contribution in [0.2, 0.25) is 5.02 Å². The van der Waals surface area contributed by atoms with Gasteiger partial charge in [0, 0.05) is 18.0 Å². The third-order valence-electron chi connectivity index (χ3n) is 4.81. The smallest absolute Gasteiger partial charge is 0.223 e. The molecule has 19 heavy (non-hydrogen) atoms. The maximum Gasteiger partial charge on any atom is 0.223 e. The summed E-state index contributed by atoms with van der Waals surface area (Å²) in [5, 5.41) is 0.897. The summed E-state index contributed by atoms with van der Waals surface area (Å²) < 4.78 is 0. The molecule has 1 amide bonds. The molecule has 1 atom stereocenters. The van der Waals surface area contributed by atoms with Crippen LogP contribution >= 0.6 is 11.6 Å². The first-order valence-corrected chi connectivity index (χ1v) is 7.42. The normalized spacial score (nSPS) is 25.2. The Morgan fingerprint density at radius 1 is 1.16 bits per heavy atom. The standard InChI is InChI=1S/C16H16ClNO/c17-14-3-1-2-10-11-8-9-18-15(6-7-16(18)19)13(11)5-4-12(10)14/h1-3,15H,4-9H2. The summed E-state index contributed by atoms with van der Waals surface area (Å²) in [7, 11) is 0. The van der Waals surface area contributed by atoms with Crippen LogP contribution in [0.5, 0.6) is 0 Å². The zero-order valence-corrected chi connectivity index (χ0v) is 11.5. The van der Waals surface area contributed by atoms with Crippen molar-refractivity contribution in [2.45, 2.75) is 38.1 Å². The number of hydrogen-bond donors (Lipinski definition) is 0. The molecule has 1 unspecified atom stereocenters. The van der Waals surface area contributed by atoms with Crippen molar-refractivity contribution in [1.29, 1.82) is 0 Å². The number of carbonyl (C=O) groups is 1. The lowest BCUT2D eigenvalue weighted by atomic mass is 9.79. The Bertz CT molecular complexity index is 605. The summed E-state index contributed by atoms with van der Waals surface area (Å²) in [6.07, 6.45) is 4.81. The molecule has 0 N–H and O–H groups in total. The van der Waals surface area contributed by atoms with Gasteiger partial charge in [0.2, 0.25) is 5.91 Å². The van der Waals surface area contributed by atoms with E-state index in [2.05, 4.69) is 11.0 Å². The SMILES string of the molecule is O=C1CCC2C3=C(CCN12)c1cccc(Cl)c1CC3. The Morgan fingerprint density at radius 2 is 2.05 bits per heavy atom. The molecule has 4 rings (SSSR count). The van der Waals surface area contributed by atoms with Crippen LogP contribution in [-0.2, 0) is 11.2 Å². The van der Waals surface area contributed by atoms with E-state index in [4.69, 9.17) is 11.6 Å². The van der Waals surface area contributed by atoms with Crippen LogP contribution < -0.4 is 0 Å². The number of hydrogen-bond acceptors (Lipinski definition) is 1. The molecular weight excluding hydrogens is 258 g/mol. The summed E-state index contributed by atoms with van der Waals surface area (Å²) in [4.78, 5) is 14.0. The third kappa shape index (κ3) is 1.59. The van der Waals surface area contributed by atoms with Crippen LogP contribution in [0.15, 0.2) is 23.8 Å². The maximum absolute atomic E-state index is 11.9. The van der Waals surface area contributed by atoms with Crippen molar-refractivity contribution >= 4 is 23.1 Å². The molecule has 1 aliphatic carbocycles. The van der Waals surface area contributed by atoms with E-state index in [0.717, 1.165) is 43.7 Å². The lowest BCUT2D eigenvalue weighted by molar-refractivity contribution is -0.128. The second-order valence-corrected chi connectivity index (χ2v) is 6.07. The second-order valence-electron chi connectivity index (χ2n) is 5.66. The number of nitrogens with zero attached hydrogens (tertiary/aromatic N) is 1. The Kier molecular flexibility index (Phi) is 2.49. The van der Waals surface area contributed by atoms with Gasteiger partial charge in [-0.25, -0.2) is 0 Å². The van der Waals surface area contributed by atoms with E-state index in [1.165, 1.54) is 22.3 Å². The van der Waals surface area contributed by atoms with Gasteiger partial charge in [0.25, 0.3) is 0 Å². The van der Waals surface area contributed by atoms with Gasteiger partial charge in [0.05, 0.1) is 6.04 Å².